The Hall–Kier alpha value is -1.13. The van der Waals surface area contributed by atoms with Crippen molar-refractivity contribution < 1.29 is 19.0 Å². The van der Waals surface area contributed by atoms with Gasteiger partial charge in [0, 0.05) is 12.7 Å². The van der Waals surface area contributed by atoms with Gasteiger partial charge in [-0.1, -0.05) is 13.2 Å². The van der Waals surface area contributed by atoms with E-state index in [-0.39, 0.29) is 12.2 Å². The summed E-state index contributed by atoms with van der Waals surface area (Å²) in [5, 5.41) is 0. The van der Waals surface area contributed by atoms with Crippen molar-refractivity contribution in [3.05, 3.63) is 24.5 Å². The van der Waals surface area contributed by atoms with Gasteiger partial charge in [0.15, 0.2) is 0 Å². The average molecular weight is 226 g/mol. The van der Waals surface area contributed by atoms with Gasteiger partial charge in [-0.05, 0) is 19.8 Å². The van der Waals surface area contributed by atoms with Gasteiger partial charge in [0.1, 0.15) is 11.9 Å². The molecule has 90 valence electrons. The van der Waals surface area contributed by atoms with Crippen LogP contribution in [0, 0.1) is 0 Å². The maximum absolute atomic E-state index is 11.3. The molecule has 0 aliphatic carbocycles. The van der Waals surface area contributed by atoms with Gasteiger partial charge >= 0.3 is 5.97 Å². The van der Waals surface area contributed by atoms with E-state index in [0.29, 0.717) is 17.9 Å². The highest BCUT2D eigenvalue weighted by molar-refractivity contribution is 5.87. The summed E-state index contributed by atoms with van der Waals surface area (Å²) < 4.78 is 15.6. The van der Waals surface area contributed by atoms with Gasteiger partial charge < -0.3 is 14.2 Å². The molecular formula is C12H18O4. The molecule has 1 heterocycles. The minimum atomic E-state index is -0.455. The second-order valence-corrected chi connectivity index (χ2v) is 3.92. The van der Waals surface area contributed by atoms with E-state index < -0.39 is 5.97 Å². The molecule has 2 atom stereocenters. The first-order valence-corrected chi connectivity index (χ1v) is 5.25. The van der Waals surface area contributed by atoms with E-state index in [9.17, 15) is 4.79 Å². The van der Waals surface area contributed by atoms with Crippen LogP contribution >= 0.6 is 0 Å². The molecule has 1 saturated heterocycles. The van der Waals surface area contributed by atoms with Gasteiger partial charge in [0.25, 0.3) is 0 Å². The highest BCUT2D eigenvalue weighted by Gasteiger charge is 2.29. The lowest BCUT2D eigenvalue weighted by Crippen LogP contribution is -2.19. The second kappa shape index (κ2) is 5.82. The summed E-state index contributed by atoms with van der Waals surface area (Å²) in [6.07, 6.45) is 1.54. The van der Waals surface area contributed by atoms with Crippen LogP contribution in [-0.2, 0) is 19.0 Å². The fourth-order valence-corrected chi connectivity index (χ4v) is 1.52. The Morgan fingerprint density at radius 3 is 2.69 bits per heavy atom. The third kappa shape index (κ3) is 3.47. The molecule has 4 nitrogen and oxygen atoms in total. The molecule has 1 fully saturated rings. The highest BCUT2D eigenvalue weighted by Crippen LogP contribution is 2.25. The smallest absolute Gasteiger partial charge is 0.338 e. The molecule has 0 aromatic heterocycles. The van der Waals surface area contributed by atoms with Crippen LogP contribution in [0.4, 0.5) is 0 Å². The van der Waals surface area contributed by atoms with Gasteiger partial charge in [-0.3, -0.25) is 0 Å². The Morgan fingerprint density at radius 2 is 2.12 bits per heavy atom. The summed E-state index contributed by atoms with van der Waals surface area (Å²) in [4.78, 5) is 11.3. The molecule has 0 N–H and O–H groups in total. The number of carbonyl (C=O) groups is 1. The lowest BCUT2D eigenvalue weighted by atomic mass is 10.2. The molecule has 1 rings (SSSR count). The Balaban J connectivity index is 2.39. The Bertz CT molecular complexity index is 295. The quantitative estimate of drug-likeness (QED) is 0.407. The zero-order valence-corrected chi connectivity index (χ0v) is 9.82. The fourth-order valence-electron chi connectivity index (χ4n) is 1.52. The zero-order chi connectivity index (χ0) is 12.1. The number of hydrogen-bond acceptors (Lipinski definition) is 4. The first-order chi connectivity index (χ1) is 7.54. The Kier molecular flexibility index (Phi) is 4.71. The van der Waals surface area contributed by atoms with Crippen LogP contribution in [0.5, 0.6) is 0 Å². The summed E-state index contributed by atoms with van der Waals surface area (Å²) in [5.41, 5.74) is 0.354. The highest BCUT2D eigenvalue weighted by atomic mass is 16.6. The van der Waals surface area contributed by atoms with Crippen molar-refractivity contribution in [1.29, 1.82) is 0 Å². The molecule has 0 bridgehead atoms. The monoisotopic (exact) mass is 226 g/mol. The van der Waals surface area contributed by atoms with Crippen LogP contribution in [-0.4, -0.2) is 31.9 Å². The minimum absolute atomic E-state index is 0.0651. The average Bonchev–Trinajstić information content (AvgIpc) is 2.66. The van der Waals surface area contributed by atoms with Crippen molar-refractivity contribution in [2.45, 2.75) is 32.0 Å². The lowest BCUT2D eigenvalue weighted by Gasteiger charge is -2.15. The van der Waals surface area contributed by atoms with Crippen LogP contribution in [0.1, 0.15) is 19.8 Å². The number of methoxy groups -OCH3 is 1. The number of ether oxygens (including phenoxy) is 3. The number of rotatable bonds is 5. The van der Waals surface area contributed by atoms with Crippen molar-refractivity contribution in [2.75, 3.05) is 13.7 Å². The van der Waals surface area contributed by atoms with Crippen molar-refractivity contribution >= 4 is 5.97 Å². The molecule has 16 heavy (non-hydrogen) atoms. The molecule has 0 saturated carbocycles. The topological polar surface area (TPSA) is 44.8 Å². The number of hydrogen-bond donors (Lipinski definition) is 0. The summed E-state index contributed by atoms with van der Waals surface area (Å²) in [6, 6.07) is 0. The van der Waals surface area contributed by atoms with Gasteiger partial charge in [-0.15, -0.1) is 0 Å². The molecule has 0 radical (unpaired) electrons. The van der Waals surface area contributed by atoms with E-state index in [4.69, 9.17) is 14.2 Å². The summed E-state index contributed by atoms with van der Waals surface area (Å²) in [6.45, 7) is 9.36. The first kappa shape index (κ1) is 12.9. The molecule has 1 aliphatic heterocycles. The van der Waals surface area contributed by atoms with Crippen molar-refractivity contribution in [1.82, 2.24) is 0 Å². The molecule has 0 amide bonds. The molecule has 2 unspecified atom stereocenters. The van der Waals surface area contributed by atoms with E-state index in [1.807, 2.05) is 0 Å². The fraction of sp³-hybridized carbons (Fsp3) is 0.583. The number of esters is 1. The van der Waals surface area contributed by atoms with Crippen molar-refractivity contribution in [2.24, 2.45) is 0 Å². The third-order valence-corrected chi connectivity index (χ3v) is 2.39. The van der Waals surface area contributed by atoms with Gasteiger partial charge in [-0.25, -0.2) is 4.79 Å². The van der Waals surface area contributed by atoms with Gasteiger partial charge in [0.2, 0.25) is 0 Å². The summed E-state index contributed by atoms with van der Waals surface area (Å²) >= 11 is 0. The molecule has 0 spiro atoms. The normalized spacial score (nSPS) is 24.1. The van der Waals surface area contributed by atoms with Crippen LogP contribution < -0.4 is 0 Å². The standard InChI is InChI=1S/C12H18O4/c1-8(2)12(13)15-9(3)11-6-5-10(16-11)7-14-4/h10-11H,1,3,5-7H2,2,4H3. The van der Waals surface area contributed by atoms with E-state index >= 15 is 0 Å². The van der Waals surface area contributed by atoms with Crippen molar-refractivity contribution in [3.8, 4) is 0 Å². The first-order valence-electron chi connectivity index (χ1n) is 5.25. The maximum Gasteiger partial charge on any atom is 0.338 e. The van der Waals surface area contributed by atoms with E-state index in [1.54, 1.807) is 14.0 Å². The maximum atomic E-state index is 11.3. The minimum Gasteiger partial charge on any atom is -0.426 e. The lowest BCUT2D eigenvalue weighted by molar-refractivity contribution is -0.137. The predicted octanol–water partition coefficient (Wildman–Crippen LogP) is 1.81. The Labute approximate surface area is 95.9 Å². The summed E-state index contributed by atoms with van der Waals surface area (Å²) in [7, 11) is 1.63. The van der Waals surface area contributed by atoms with E-state index in [2.05, 4.69) is 13.2 Å². The molecule has 0 aromatic rings. The van der Waals surface area contributed by atoms with Crippen LogP contribution in [0.2, 0.25) is 0 Å². The van der Waals surface area contributed by atoms with Gasteiger partial charge in [0.05, 0.1) is 12.7 Å². The molecule has 0 aromatic carbocycles. The van der Waals surface area contributed by atoms with Crippen molar-refractivity contribution in [3.63, 3.8) is 0 Å². The largest absolute Gasteiger partial charge is 0.426 e. The third-order valence-electron chi connectivity index (χ3n) is 2.39. The van der Waals surface area contributed by atoms with Crippen LogP contribution in [0.3, 0.4) is 0 Å². The van der Waals surface area contributed by atoms with E-state index in [1.165, 1.54) is 0 Å². The van der Waals surface area contributed by atoms with Crippen LogP contribution in [0.25, 0.3) is 0 Å². The number of carbonyl (C=O) groups excluding carboxylic acids is 1. The zero-order valence-electron chi connectivity index (χ0n) is 9.82. The Morgan fingerprint density at radius 1 is 1.44 bits per heavy atom. The molecule has 1 aliphatic rings. The summed E-state index contributed by atoms with van der Waals surface area (Å²) in [5.74, 6) is -0.101. The van der Waals surface area contributed by atoms with Crippen LogP contribution in [0.15, 0.2) is 24.5 Å². The second-order valence-electron chi connectivity index (χ2n) is 3.92. The predicted molar refractivity (Wildman–Crippen MR) is 59.8 cm³/mol. The van der Waals surface area contributed by atoms with Gasteiger partial charge in [-0.2, -0.15) is 0 Å². The van der Waals surface area contributed by atoms with E-state index in [0.717, 1.165) is 12.8 Å². The molecular weight excluding hydrogens is 208 g/mol. The SMILES string of the molecule is C=C(C)C(=O)OC(=C)C1CCC(COC)O1. The molecule has 4 heteroatoms.